The molecule has 0 saturated carbocycles. The molecule has 0 bridgehead atoms. The van der Waals surface area contributed by atoms with Crippen molar-refractivity contribution >= 4 is 40.6 Å². The Morgan fingerprint density at radius 2 is 1.96 bits per heavy atom. The number of rotatable bonds is 5. The van der Waals surface area contributed by atoms with Crippen LogP contribution in [0.2, 0.25) is 5.02 Å². The molecular weight excluding hydrogens is 396 g/mol. The molecular formula is C22H15ClO4S. The first-order chi connectivity index (χ1) is 13.5. The second-order valence-electron chi connectivity index (χ2n) is 6.28. The van der Waals surface area contributed by atoms with Crippen LogP contribution in [0.5, 0.6) is 11.5 Å². The number of fused-ring (bicyclic) bond motifs is 1. The summed E-state index contributed by atoms with van der Waals surface area (Å²) in [5, 5.41) is 2.54. The van der Waals surface area contributed by atoms with Crippen LogP contribution in [-0.4, -0.2) is 18.2 Å². The standard InChI is InChI=1S/C22H15ClO4S/c1-13-8-9-28-21(13)11-20-22(25)17-7-6-16(10-19(17)27-20)26-12-18(24)14-2-4-15(23)5-3-14/h2-11H,12H2,1H3/b20-11-. The molecule has 0 amide bonds. The molecule has 4 rings (SSSR count). The molecule has 0 atom stereocenters. The Balaban J connectivity index is 1.47. The third-order valence-electron chi connectivity index (χ3n) is 4.34. The molecule has 0 N–H and O–H groups in total. The quantitative estimate of drug-likeness (QED) is 0.406. The Bertz CT molecular complexity index is 1100. The highest BCUT2D eigenvalue weighted by Gasteiger charge is 2.28. The molecule has 0 saturated heterocycles. The minimum atomic E-state index is -0.164. The molecule has 0 unspecified atom stereocenters. The smallest absolute Gasteiger partial charge is 0.232 e. The van der Waals surface area contributed by atoms with Gasteiger partial charge in [-0.3, -0.25) is 9.59 Å². The maximum Gasteiger partial charge on any atom is 0.232 e. The Morgan fingerprint density at radius 3 is 2.68 bits per heavy atom. The van der Waals surface area contributed by atoms with Gasteiger partial charge in [-0.15, -0.1) is 11.3 Å². The maximum atomic E-state index is 12.5. The fourth-order valence-corrected chi connectivity index (χ4v) is 3.75. The zero-order chi connectivity index (χ0) is 19.7. The molecule has 0 spiro atoms. The van der Waals surface area contributed by atoms with E-state index in [0.29, 0.717) is 27.6 Å². The van der Waals surface area contributed by atoms with Crippen LogP contribution in [0, 0.1) is 6.92 Å². The Morgan fingerprint density at radius 1 is 1.18 bits per heavy atom. The molecule has 28 heavy (non-hydrogen) atoms. The van der Waals surface area contributed by atoms with Gasteiger partial charge in [0.15, 0.2) is 18.1 Å². The van der Waals surface area contributed by atoms with Gasteiger partial charge < -0.3 is 9.47 Å². The summed E-state index contributed by atoms with van der Waals surface area (Å²) < 4.78 is 11.3. The van der Waals surface area contributed by atoms with Crippen molar-refractivity contribution < 1.29 is 19.1 Å². The second kappa shape index (κ2) is 7.62. The number of ether oxygens (including phenoxy) is 2. The highest BCUT2D eigenvalue weighted by Crippen LogP contribution is 2.35. The summed E-state index contributed by atoms with van der Waals surface area (Å²) in [6, 6.07) is 13.6. The SMILES string of the molecule is Cc1ccsc1/C=C1\Oc2cc(OCC(=O)c3ccc(Cl)cc3)ccc2C1=O. The first kappa shape index (κ1) is 18.5. The van der Waals surface area contributed by atoms with Gasteiger partial charge in [0.25, 0.3) is 0 Å². The van der Waals surface area contributed by atoms with E-state index >= 15 is 0 Å². The molecule has 4 nitrogen and oxygen atoms in total. The highest BCUT2D eigenvalue weighted by atomic mass is 35.5. The van der Waals surface area contributed by atoms with Crippen molar-refractivity contribution in [2.24, 2.45) is 0 Å². The van der Waals surface area contributed by atoms with Crippen LogP contribution in [-0.2, 0) is 0 Å². The third kappa shape index (κ3) is 3.72. The van der Waals surface area contributed by atoms with E-state index in [9.17, 15) is 9.59 Å². The number of hydrogen-bond donors (Lipinski definition) is 0. The highest BCUT2D eigenvalue weighted by molar-refractivity contribution is 7.11. The van der Waals surface area contributed by atoms with E-state index < -0.39 is 0 Å². The van der Waals surface area contributed by atoms with Crippen LogP contribution in [0.15, 0.2) is 59.7 Å². The number of halogens is 1. The number of ketones is 2. The largest absolute Gasteiger partial charge is 0.485 e. The number of allylic oxidation sites excluding steroid dienone is 1. The molecule has 0 aliphatic carbocycles. The lowest BCUT2D eigenvalue weighted by molar-refractivity contribution is 0.0921. The summed E-state index contributed by atoms with van der Waals surface area (Å²) in [5.74, 6) is 0.855. The van der Waals surface area contributed by atoms with E-state index in [2.05, 4.69) is 0 Å². The predicted octanol–water partition coefficient (Wildman–Crippen LogP) is 5.59. The van der Waals surface area contributed by atoms with E-state index in [1.807, 2.05) is 18.4 Å². The lowest BCUT2D eigenvalue weighted by atomic mass is 10.1. The fourth-order valence-electron chi connectivity index (χ4n) is 2.78. The molecule has 2 heterocycles. The number of thiophene rings is 1. The van der Waals surface area contributed by atoms with Gasteiger partial charge in [-0.1, -0.05) is 11.6 Å². The topological polar surface area (TPSA) is 52.6 Å². The summed E-state index contributed by atoms with van der Waals surface area (Å²) in [6.07, 6.45) is 1.76. The van der Waals surface area contributed by atoms with Gasteiger partial charge in [0.2, 0.25) is 5.78 Å². The lowest BCUT2D eigenvalue weighted by Crippen LogP contribution is -2.11. The average molecular weight is 411 g/mol. The molecule has 0 fully saturated rings. The van der Waals surface area contributed by atoms with E-state index in [0.717, 1.165) is 10.4 Å². The zero-order valence-corrected chi connectivity index (χ0v) is 16.5. The third-order valence-corrected chi connectivity index (χ3v) is 5.56. The minimum Gasteiger partial charge on any atom is -0.485 e. The van der Waals surface area contributed by atoms with Crippen molar-refractivity contribution in [3.63, 3.8) is 0 Å². The monoisotopic (exact) mass is 410 g/mol. The zero-order valence-electron chi connectivity index (χ0n) is 14.9. The van der Waals surface area contributed by atoms with Crippen LogP contribution in [0.1, 0.15) is 31.2 Å². The van der Waals surface area contributed by atoms with Crippen molar-refractivity contribution in [2.75, 3.05) is 6.61 Å². The van der Waals surface area contributed by atoms with Crippen LogP contribution in [0.3, 0.4) is 0 Å². The summed E-state index contributed by atoms with van der Waals surface area (Å²) >= 11 is 7.38. The average Bonchev–Trinajstić information content (AvgIpc) is 3.23. The van der Waals surface area contributed by atoms with Gasteiger partial charge in [-0.25, -0.2) is 0 Å². The van der Waals surface area contributed by atoms with Crippen molar-refractivity contribution in [1.29, 1.82) is 0 Å². The summed E-state index contributed by atoms with van der Waals surface area (Å²) in [7, 11) is 0. The van der Waals surface area contributed by atoms with Gasteiger partial charge >= 0.3 is 0 Å². The summed E-state index contributed by atoms with van der Waals surface area (Å²) in [6.45, 7) is 1.87. The van der Waals surface area contributed by atoms with Gasteiger partial charge in [0, 0.05) is 27.6 Å². The van der Waals surface area contributed by atoms with E-state index in [-0.39, 0.29) is 23.9 Å². The minimum absolute atomic E-state index is 0.120. The molecule has 2 aromatic carbocycles. The van der Waals surface area contributed by atoms with Gasteiger partial charge in [-0.2, -0.15) is 0 Å². The van der Waals surface area contributed by atoms with Crippen molar-refractivity contribution in [3.8, 4) is 11.5 Å². The predicted molar refractivity (Wildman–Crippen MR) is 110 cm³/mol. The maximum absolute atomic E-state index is 12.5. The first-order valence-corrected chi connectivity index (χ1v) is 9.81. The molecule has 0 radical (unpaired) electrons. The molecule has 6 heteroatoms. The second-order valence-corrected chi connectivity index (χ2v) is 7.67. The molecule has 3 aromatic rings. The summed E-state index contributed by atoms with van der Waals surface area (Å²) in [5.41, 5.74) is 2.10. The fraction of sp³-hybridized carbons (Fsp3) is 0.0909. The first-order valence-electron chi connectivity index (χ1n) is 8.55. The number of aryl methyl sites for hydroxylation is 1. The molecule has 1 aliphatic heterocycles. The molecule has 140 valence electrons. The number of carbonyl (C=O) groups is 2. The lowest BCUT2D eigenvalue weighted by Gasteiger charge is -2.07. The number of carbonyl (C=O) groups excluding carboxylic acids is 2. The van der Waals surface area contributed by atoms with Crippen LogP contribution < -0.4 is 9.47 Å². The van der Waals surface area contributed by atoms with Crippen LogP contribution in [0.25, 0.3) is 6.08 Å². The Labute approximate surface area is 171 Å². The number of hydrogen-bond acceptors (Lipinski definition) is 5. The number of Topliss-reactive ketones (excluding diaryl/α,β-unsaturated/α-hetero) is 2. The molecule has 1 aliphatic rings. The van der Waals surface area contributed by atoms with E-state index in [1.165, 1.54) is 0 Å². The van der Waals surface area contributed by atoms with Gasteiger partial charge in [-0.05, 0) is 60.3 Å². The normalized spacial score (nSPS) is 14.1. The van der Waals surface area contributed by atoms with Crippen LogP contribution >= 0.6 is 22.9 Å². The van der Waals surface area contributed by atoms with Gasteiger partial charge in [0.1, 0.15) is 11.5 Å². The Hall–Kier alpha value is -2.89. The van der Waals surface area contributed by atoms with E-state index in [4.69, 9.17) is 21.1 Å². The summed E-state index contributed by atoms with van der Waals surface area (Å²) in [4.78, 5) is 25.7. The van der Waals surface area contributed by atoms with Crippen molar-refractivity contribution in [3.05, 3.63) is 86.3 Å². The van der Waals surface area contributed by atoms with Crippen molar-refractivity contribution in [1.82, 2.24) is 0 Å². The van der Waals surface area contributed by atoms with Crippen molar-refractivity contribution in [2.45, 2.75) is 6.92 Å². The van der Waals surface area contributed by atoms with Gasteiger partial charge in [0.05, 0.1) is 5.56 Å². The van der Waals surface area contributed by atoms with E-state index in [1.54, 1.807) is 59.9 Å². The number of benzene rings is 2. The molecule has 1 aromatic heterocycles. The van der Waals surface area contributed by atoms with Crippen LogP contribution in [0.4, 0.5) is 0 Å². The Kier molecular flexibility index (Phi) is 5.03.